The molecule has 0 aromatic heterocycles. The molecule has 8 nitrogen and oxygen atoms in total. The Morgan fingerprint density at radius 1 is 1.15 bits per heavy atom. The zero-order valence-electron chi connectivity index (χ0n) is 10.4. The second-order valence-corrected chi connectivity index (χ2v) is 3.86. The molecule has 0 saturated heterocycles. The molecule has 0 aliphatic rings. The molecule has 0 spiro atoms. The second kappa shape index (κ2) is 7.10. The molecule has 1 rings (SSSR count). The number of aliphatic hydroxyl groups is 1. The summed E-state index contributed by atoms with van der Waals surface area (Å²) in [5.74, 6) is -2.77. The Morgan fingerprint density at radius 3 is 2.25 bits per heavy atom. The third kappa shape index (κ3) is 4.58. The lowest BCUT2D eigenvalue weighted by Crippen LogP contribution is -2.42. The number of phenolic OH excluding ortho intramolecular Hbond substituents is 1. The molecule has 0 aliphatic carbocycles. The fourth-order valence-electron chi connectivity index (χ4n) is 1.44. The van der Waals surface area contributed by atoms with Gasteiger partial charge in [-0.2, -0.15) is 0 Å². The van der Waals surface area contributed by atoms with Crippen LogP contribution < -0.4 is 10.6 Å². The molecule has 0 aliphatic heterocycles. The molecule has 0 bridgehead atoms. The van der Waals surface area contributed by atoms with Crippen LogP contribution in [0.15, 0.2) is 24.3 Å². The SMILES string of the molecule is O=C(O)CNC(=O)[C@H](NC(=O)CO)c1ccc(O)cc1. The van der Waals surface area contributed by atoms with E-state index >= 15 is 0 Å². The van der Waals surface area contributed by atoms with E-state index in [9.17, 15) is 19.5 Å². The van der Waals surface area contributed by atoms with Crippen molar-refractivity contribution < 1.29 is 29.7 Å². The van der Waals surface area contributed by atoms with Crippen molar-refractivity contribution in [2.75, 3.05) is 13.2 Å². The van der Waals surface area contributed by atoms with Crippen molar-refractivity contribution in [3.8, 4) is 5.75 Å². The molecule has 2 amide bonds. The van der Waals surface area contributed by atoms with E-state index in [-0.39, 0.29) is 5.75 Å². The minimum absolute atomic E-state index is 0.0214. The number of carbonyl (C=O) groups is 3. The second-order valence-electron chi connectivity index (χ2n) is 3.86. The summed E-state index contributed by atoms with van der Waals surface area (Å²) < 4.78 is 0. The predicted molar refractivity (Wildman–Crippen MR) is 66.7 cm³/mol. The van der Waals surface area contributed by atoms with E-state index in [2.05, 4.69) is 10.6 Å². The molecule has 8 heteroatoms. The summed E-state index contributed by atoms with van der Waals surface area (Å²) in [6, 6.07) is 4.28. The van der Waals surface area contributed by atoms with Gasteiger partial charge in [0.05, 0.1) is 0 Å². The first-order valence-electron chi connectivity index (χ1n) is 5.62. The number of amides is 2. The monoisotopic (exact) mass is 282 g/mol. The number of hydrogen-bond acceptors (Lipinski definition) is 5. The highest BCUT2D eigenvalue weighted by Gasteiger charge is 2.22. The van der Waals surface area contributed by atoms with E-state index in [1.165, 1.54) is 24.3 Å². The van der Waals surface area contributed by atoms with E-state index in [4.69, 9.17) is 10.2 Å². The smallest absolute Gasteiger partial charge is 0.322 e. The number of carbonyl (C=O) groups excluding carboxylic acids is 2. The van der Waals surface area contributed by atoms with Crippen LogP contribution in [0.4, 0.5) is 0 Å². The van der Waals surface area contributed by atoms with Gasteiger partial charge in [0, 0.05) is 0 Å². The largest absolute Gasteiger partial charge is 0.508 e. The van der Waals surface area contributed by atoms with Crippen LogP contribution in [0.3, 0.4) is 0 Å². The normalized spacial score (nSPS) is 11.4. The Labute approximate surface area is 114 Å². The van der Waals surface area contributed by atoms with Gasteiger partial charge in [-0.15, -0.1) is 0 Å². The quantitative estimate of drug-likeness (QED) is 0.442. The van der Waals surface area contributed by atoms with Crippen molar-refractivity contribution >= 4 is 17.8 Å². The van der Waals surface area contributed by atoms with Gasteiger partial charge in [0.2, 0.25) is 11.8 Å². The Balaban J connectivity index is 2.89. The van der Waals surface area contributed by atoms with E-state index in [0.717, 1.165) is 0 Å². The van der Waals surface area contributed by atoms with Gasteiger partial charge >= 0.3 is 5.97 Å². The molecule has 1 aromatic carbocycles. The van der Waals surface area contributed by atoms with Gasteiger partial charge in [0.25, 0.3) is 0 Å². The molecular weight excluding hydrogens is 268 g/mol. The Kier molecular flexibility index (Phi) is 5.48. The minimum atomic E-state index is -1.23. The van der Waals surface area contributed by atoms with E-state index < -0.39 is 37.0 Å². The Morgan fingerprint density at radius 2 is 1.75 bits per heavy atom. The number of aliphatic hydroxyl groups excluding tert-OH is 1. The summed E-state index contributed by atoms with van der Waals surface area (Å²) in [4.78, 5) is 33.5. The van der Waals surface area contributed by atoms with Crippen LogP contribution in [-0.2, 0) is 14.4 Å². The Hall–Kier alpha value is -2.61. The first-order valence-corrected chi connectivity index (χ1v) is 5.62. The lowest BCUT2D eigenvalue weighted by atomic mass is 10.1. The maximum Gasteiger partial charge on any atom is 0.322 e. The maximum absolute atomic E-state index is 11.9. The van der Waals surface area contributed by atoms with Gasteiger partial charge in [0.1, 0.15) is 24.9 Å². The first kappa shape index (κ1) is 15.4. The summed E-state index contributed by atoms with van der Waals surface area (Å²) >= 11 is 0. The number of carboxylic acids is 1. The number of benzene rings is 1. The number of nitrogens with one attached hydrogen (secondary N) is 2. The summed E-state index contributed by atoms with van der Waals surface area (Å²) in [5, 5.41) is 30.8. The van der Waals surface area contributed by atoms with Crippen molar-refractivity contribution in [3.63, 3.8) is 0 Å². The summed E-state index contributed by atoms with van der Waals surface area (Å²) in [6.07, 6.45) is 0. The molecule has 0 radical (unpaired) electrons. The Bertz CT molecular complexity index is 499. The third-order valence-electron chi connectivity index (χ3n) is 2.35. The number of aliphatic carboxylic acids is 1. The summed E-state index contributed by atoms with van der Waals surface area (Å²) in [7, 11) is 0. The van der Waals surface area contributed by atoms with Gasteiger partial charge in [-0.05, 0) is 17.7 Å². The van der Waals surface area contributed by atoms with Crippen LogP contribution >= 0.6 is 0 Å². The molecular formula is C12H14N2O6. The molecule has 1 aromatic rings. The number of rotatable bonds is 6. The van der Waals surface area contributed by atoms with Gasteiger partial charge < -0.3 is 26.0 Å². The van der Waals surface area contributed by atoms with Crippen LogP contribution in [0, 0.1) is 0 Å². The predicted octanol–water partition coefficient (Wildman–Crippen LogP) is -1.26. The van der Waals surface area contributed by atoms with E-state index in [0.29, 0.717) is 5.56 Å². The lowest BCUT2D eigenvalue weighted by molar-refractivity contribution is -0.138. The van der Waals surface area contributed by atoms with Crippen LogP contribution in [-0.4, -0.2) is 46.3 Å². The summed E-state index contributed by atoms with van der Waals surface area (Å²) in [5.41, 5.74) is 0.340. The van der Waals surface area contributed by atoms with Crippen LogP contribution in [0.1, 0.15) is 11.6 Å². The fraction of sp³-hybridized carbons (Fsp3) is 0.250. The molecule has 0 fully saturated rings. The van der Waals surface area contributed by atoms with Crippen LogP contribution in [0.25, 0.3) is 0 Å². The lowest BCUT2D eigenvalue weighted by Gasteiger charge is -2.18. The van der Waals surface area contributed by atoms with Crippen molar-refractivity contribution in [1.82, 2.24) is 10.6 Å². The molecule has 0 heterocycles. The maximum atomic E-state index is 11.9. The molecule has 0 unspecified atom stereocenters. The van der Waals surface area contributed by atoms with Crippen LogP contribution in [0.2, 0.25) is 0 Å². The number of phenols is 1. The molecule has 1 atom stereocenters. The first-order chi connectivity index (χ1) is 9.43. The third-order valence-corrected chi connectivity index (χ3v) is 2.35. The van der Waals surface area contributed by atoms with E-state index in [1.54, 1.807) is 0 Å². The van der Waals surface area contributed by atoms with Crippen molar-refractivity contribution in [3.05, 3.63) is 29.8 Å². The molecule has 108 valence electrons. The van der Waals surface area contributed by atoms with E-state index in [1.807, 2.05) is 0 Å². The van der Waals surface area contributed by atoms with Gasteiger partial charge in [-0.3, -0.25) is 14.4 Å². The van der Waals surface area contributed by atoms with Crippen molar-refractivity contribution in [2.24, 2.45) is 0 Å². The average Bonchev–Trinajstić information content (AvgIpc) is 2.43. The topological polar surface area (TPSA) is 136 Å². The highest BCUT2D eigenvalue weighted by Crippen LogP contribution is 2.17. The standard InChI is InChI=1S/C12H14N2O6/c15-6-9(17)14-11(12(20)13-5-10(18)19)7-1-3-8(16)4-2-7/h1-4,11,15-16H,5-6H2,(H,13,20)(H,14,17)(H,18,19)/t11-/m1/s1. The van der Waals surface area contributed by atoms with Gasteiger partial charge in [-0.25, -0.2) is 0 Å². The minimum Gasteiger partial charge on any atom is -0.508 e. The average molecular weight is 282 g/mol. The van der Waals surface area contributed by atoms with Gasteiger partial charge in [-0.1, -0.05) is 12.1 Å². The van der Waals surface area contributed by atoms with Crippen molar-refractivity contribution in [1.29, 1.82) is 0 Å². The van der Waals surface area contributed by atoms with Crippen LogP contribution in [0.5, 0.6) is 5.75 Å². The number of aromatic hydroxyl groups is 1. The molecule has 0 saturated carbocycles. The molecule has 20 heavy (non-hydrogen) atoms. The highest BCUT2D eigenvalue weighted by atomic mass is 16.4. The number of carboxylic acid groups (broad SMARTS) is 1. The molecule has 5 N–H and O–H groups in total. The zero-order chi connectivity index (χ0) is 15.1. The van der Waals surface area contributed by atoms with Gasteiger partial charge in [0.15, 0.2) is 0 Å². The number of hydrogen-bond donors (Lipinski definition) is 5. The summed E-state index contributed by atoms with van der Waals surface area (Å²) in [6.45, 7) is -1.40. The fourth-order valence-corrected chi connectivity index (χ4v) is 1.44. The van der Waals surface area contributed by atoms with Crippen molar-refractivity contribution in [2.45, 2.75) is 6.04 Å². The zero-order valence-corrected chi connectivity index (χ0v) is 10.4. The highest BCUT2D eigenvalue weighted by molar-refractivity contribution is 5.90.